The zero-order valence-electron chi connectivity index (χ0n) is 9.19. The van der Waals surface area contributed by atoms with E-state index in [2.05, 4.69) is 0 Å². The van der Waals surface area contributed by atoms with Gasteiger partial charge >= 0.3 is 0 Å². The summed E-state index contributed by atoms with van der Waals surface area (Å²) in [5.74, 6) is -3.07. The van der Waals surface area contributed by atoms with Crippen LogP contribution < -0.4 is 5.73 Å². The standard InChI is InChI=1S/C11H14F3NO/c1-11(6-15,16-2)5-7-3-9(13)10(14)4-8(7)12/h3-4H,5-6,15H2,1-2H3. The molecule has 90 valence electrons. The van der Waals surface area contributed by atoms with Crippen molar-refractivity contribution in [1.82, 2.24) is 0 Å². The molecule has 0 aromatic heterocycles. The molecule has 0 bridgehead atoms. The van der Waals surface area contributed by atoms with Crippen molar-refractivity contribution in [3.8, 4) is 0 Å². The lowest BCUT2D eigenvalue weighted by molar-refractivity contribution is 0.0136. The molecule has 0 spiro atoms. The highest BCUT2D eigenvalue weighted by molar-refractivity contribution is 5.22. The van der Waals surface area contributed by atoms with Gasteiger partial charge in [-0.2, -0.15) is 0 Å². The molecule has 2 nitrogen and oxygen atoms in total. The third kappa shape index (κ3) is 2.74. The first-order valence-corrected chi connectivity index (χ1v) is 4.80. The van der Waals surface area contributed by atoms with Crippen LogP contribution in [-0.2, 0) is 11.2 Å². The summed E-state index contributed by atoms with van der Waals surface area (Å²) in [5.41, 5.74) is 4.73. The number of hydrogen-bond donors (Lipinski definition) is 1. The van der Waals surface area contributed by atoms with Gasteiger partial charge in [-0.25, -0.2) is 13.2 Å². The number of hydrogen-bond acceptors (Lipinski definition) is 2. The molecule has 5 heteroatoms. The number of methoxy groups -OCH3 is 1. The predicted molar refractivity (Wildman–Crippen MR) is 54.5 cm³/mol. The normalized spacial score (nSPS) is 14.9. The fourth-order valence-electron chi connectivity index (χ4n) is 1.33. The van der Waals surface area contributed by atoms with Crippen molar-refractivity contribution in [2.24, 2.45) is 5.73 Å². The summed E-state index contributed by atoms with van der Waals surface area (Å²) < 4.78 is 44.1. The maximum Gasteiger partial charge on any atom is 0.161 e. The molecule has 0 aliphatic heterocycles. The van der Waals surface area contributed by atoms with Crippen LogP contribution >= 0.6 is 0 Å². The molecule has 0 saturated carbocycles. The second-order valence-corrected chi connectivity index (χ2v) is 3.89. The van der Waals surface area contributed by atoms with E-state index in [-0.39, 0.29) is 18.5 Å². The van der Waals surface area contributed by atoms with Crippen molar-refractivity contribution in [3.63, 3.8) is 0 Å². The summed E-state index contributed by atoms with van der Waals surface area (Å²) in [6, 6.07) is 1.36. The van der Waals surface area contributed by atoms with Gasteiger partial charge in [-0.15, -0.1) is 0 Å². The van der Waals surface area contributed by atoms with Crippen LogP contribution in [0.1, 0.15) is 12.5 Å². The van der Waals surface area contributed by atoms with E-state index in [1.165, 1.54) is 7.11 Å². The van der Waals surface area contributed by atoms with Crippen LogP contribution in [0.4, 0.5) is 13.2 Å². The van der Waals surface area contributed by atoms with E-state index in [1.807, 2.05) is 0 Å². The summed E-state index contributed by atoms with van der Waals surface area (Å²) in [7, 11) is 1.44. The van der Waals surface area contributed by atoms with Crippen LogP contribution in [0.2, 0.25) is 0 Å². The highest BCUT2D eigenvalue weighted by Crippen LogP contribution is 2.20. The third-order valence-corrected chi connectivity index (χ3v) is 2.58. The molecule has 0 amide bonds. The Balaban J connectivity index is 3.01. The maximum absolute atomic E-state index is 13.3. The van der Waals surface area contributed by atoms with Gasteiger partial charge in [0.25, 0.3) is 0 Å². The largest absolute Gasteiger partial charge is 0.377 e. The van der Waals surface area contributed by atoms with Crippen molar-refractivity contribution < 1.29 is 17.9 Å². The molecule has 1 rings (SSSR count). The molecule has 0 saturated heterocycles. The minimum atomic E-state index is -1.20. The van der Waals surface area contributed by atoms with E-state index in [9.17, 15) is 13.2 Å². The van der Waals surface area contributed by atoms with Gasteiger partial charge in [0.2, 0.25) is 0 Å². The van der Waals surface area contributed by atoms with Gasteiger partial charge in [-0.1, -0.05) is 0 Å². The zero-order chi connectivity index (χ0) is 12.3. The Labute approximate surface area is 92.2 Å². The molecule has 0 radical (unpaired) electrons. The average Bonchev–Trinajstić information content (AvgIpc) is 2.25. The van der Waals surface area contributed by atoms with E-state index < -0.39 is 23.1 Å². The van der Waals surface area contributed by atoms with Crippen molar-refractivity contribution in [2.75, 3.05) is 13.7 Å². The Bertz CT molecular complexity index is 378. The topological polar surface area (TPSA) is 35.2 Å². The molecular weight excluding hydrogens is 219 g/mol. The van der Waals surface area contributed by atoms with Gasteiger partial charge in [0.15, 0.2) is 11.6 Å². The lowest BCUT2D eigenvalue weighted by atomic mass is 9.96. The zero-order valence-corrected chi connectivity index (χ0v) is 9.19. The fourth-order valence-corrected chi connectivity index (χ4v) is 1.33. The Kier molecular flexibility index (Phi) is 3.93. The number of benzene rings is 1. The first kappa shape index (κ1) is 13.0. The van der Waals surface area contributed by atoms with Gasteiger partial charge in [0, 0.05) is 26.1 Å². The molecule has 0 aliphatic carbocycles. The first-order valence-electron chi connectivity index (χ1n) is 4.80. The van der Waals surface area contributed by atoms with Crippen LogP contribution in [0, 0.1) is 17.5 Å². The van der Waals surface area contributed by atoms with Crippen LogP contribution in [0.15, 0.2) is 12.1 Å². The Morgan fingerprint density at radius 1 is 1.19 bits per heavy atom. The minimum absolute atomic E-state index is 0.0497. The maximum atomic E-state index is 13.3. The smallest absolute Gasteiger partial charge is 0.161 e. The summed E-state index contributed by atoms with van der Waals surface area (Å²) >= 11 is 0. The van der Waals surface area contributed by atoms with Crippen LogP contribution in [-0.4, -0.2) is 19.3 Å². The van der Waals surface area contributed by atoms with Crippen molar-refractivity contribution >= 4 is 0 Å². The Hall–Kier alpha value is -1.07. The van der Waals surface area contributed by atoms with Gasteiger partial charge in [0.1, 0.15) is 5.82 Å². The highest BCUT2D eigenvalue weighted by atomic mass is 19.2. The Morgan fingerprint density at radius 2 is 1.75 bits per heavy atom. The summed E-state index contributed by atoms with van der Waals surface area (Å²) in [6.45, 7) is 1.83. The predicted octanol–water partition coefficient (Wildman–Crippen LogP) is 2.01. The van der Waals surface area contributed by atoms with Gasteiger partial charge < -0.3 is 10.5 Å². The first-order chi connectivity index (χ1) is 7.41. The van der Waals surface area contributed by atoms with Gasteiger partial charge in [-0.05, 0) is 18.6 Å². The summed E-state index contributed by atoms with van der Waals surface area (Å²) in [4.78, 5) is 0. The monoisotopic (exact) mass is 233 g/mol. The SMILES string of the molecule is COC(C)(CN)Cc1cc(F)c(F)cc1F. The summed E-state index contributed by atoms with van der Waals surface area (Å²) in [6.07, 6.45) is 0.0863. The Morgan fingerprint density at radius 3 is 2.25 bits per heavy atom. The van der Waals surface area contributed by atoms with E-state index >= 15 is 0 Å². The van der Waals surface area contributed by atoms with Crippen LogP contribution in [0.3, 0.4) is 0 Å². The molecule has 1 unspecified atom stereocenters. The molecule has 16 heavy (non-hydrogen) atoms. The molecule has 2 N–H and O–H groups in total. The molecule has 0 fully saturated rings. The van der Waals surface area contributed by atoms with E-state index in [0.717, 1.165) is 6.07 Å². The highest BCUT2D eigenvalue weighted by Gasteiger charge is 2.24. The lowest BCUT2D eigenvalue weighted by Gasteiger charge is -2.26. The second kappa shape index (κ2) is 4.84. The quantitative estimate of drug-likeness (QED) is 0.807. The number of rotatable bonds is 4. The van der Waals surface area contributed by atoms with Crippen molar-refractivity contribution in [3.05, 3.63) is 35.1 Å². The molecule has 0 heterocycles. The number of ether oxygens (including phenoxy) is 1. The molecule has 1 aromatic rings. The molecular formula is C11H14F3NO. The van der Waals surface area contributed by atoms with Gasteiger partial charge in [-0.3, -0.25) is 0 Å². The molecule has 1 atom stereocenters. The van der Waals surface area contributed by atoms with Gasteiger partial charge in [0.05, 0.1) is 5.60 Å². The number of nitrogens with two attached hydrogens (primary N) is 1. The summed E-state index contributed by atoms with van der Waals surface area (Å²) in [5, 5.41) is 0. The van der Waals surface area contributed by atoms with Crippen molar-refractivity contribution in [1.29, 1.82) is 0 Å². The number of halogens is 3. The van der Waals surface area contributed by atoms with E-state index in [4.69, 9.17) is 10.5 Å². The molecule has 0 aliphatic rings. The van der Waals surface area contributed by atoms with E-state index in [1.54, 1.807) is 6.92 Å². The minimum Gasteiger partial charge on any atom is -0.377 e. The van der Waals surface area contributed by atoms with Crippen LogP contribution in [0.5, 0.6) is 0 Å². The third-order valence-electron chi connectivity index (χ3n) is 2.58. The van der Waals surface area contributed by atoms with Crippen molar-refractivity contribution in [2.45, 2.75) is 18.9 Å². The van der Waals surface area contributed by atoms with E-state index in [0.29, 0.717) is 6.07 Å². The fraction of sp³-hybridized carbons (Fsp3) is 0.455. The molecule has 1 aromatic carbocycles. The average molecular weight is 233 g/mol. The van der Waals surface area contributed by atoms with Crippen LogP contribution in [0.25, 0.3) is 0 Å². The second-order valence-electron chi connectivity index (χ2n) is 3.89. The lowest BCUT2D eigenvalue weighted by Crippen LogP contribution is -2.39.